The van der Waals surface area contributed by atoms with E-state index in [1.807, 2.05) is 11.8 Å². The molecular weight excluding hydrogens is 524 g/mol. The molecule has 1 amide bonds. The van der Waals surface area contributed by atoms with Crippen LogP contribution in [0.3, 0.4) is 0 Å². The first-order valence-electron chi connectivity index (χ1n) is 13.7. The summed E-state index contributed by atoms with van der Waals surface area (Å²) in [4.78, 5) is 19.7. The molecule has 0 aromatic heterocycles. The third-order valence-corrected chi connectivity index (χ3v) is 8.98. The molecule has 7 nitrogen and oxygen atoms in total. The lowest BCUT2D eigenvalue weighted by molar-refractivity contribution is -0.136. The van der Waals surface area contributed by atoms with Crippen molar-refractivity contribution >= 4 is 15.7 Å². The molecule has 0 bridgehead atoms. The predicted octanol–water partition coefficient (Wildman–Crippen LogP) is 3.54. The Bertz CT molecular complexity index is 1190. The largest absolute Gasteiger partial charge is 0.379 e. The van der Waals surface area contributed by atoms with E-state index >= 15 is 0 Å². The van der Waals surface area contributed by atoms with Crippen LogP contribution >= 0.6 is 0 Å². The molecule has 39 heavy (non-hydrogen) atoms. The molecule has 2 aliphatic heterocycles. The molecule has 0 aliphatic carbocycles. The molecule has 0 N–H and O–H groups in total. The van der Waals surface area contributed by atoms with Gasteiger partial charge < -0.3 is 14.5 Å². The topological polar surface area (TPSA) is 70.2 Å². The fourth-order valence-corrected chi connectivity index (χ4v) is 6.33. The molecule has 214 valence electrons. The minimum Gasteiger partial charge on any atom is -0.379 e. The normalized spacial score (nSPS) is 18.7. The van der Waals surface area contributed by atoms with Crippen LogP contribution in [0.2, 0.25) is 0 Å². The summed E-state index contributed by atoms with van der Waals surface area (Å²) < 4.78 is 57.4. The number of sulfone groups is 1. The van der Waals surface area contributed by atoms with Gasteiger partial charge in [0.1, 0.15) is 11.6 Å². The molecule has 0 saturated carbocycles. The van der Waals surface area contributed by atoms with E-state index in [0.717, 1.165) is 63.5 Å². The van der Waals surface area contributed by atoms with Gasteiger partial charge >= 0.3 is 0 Å². The number of halogens is 2. The van der Waals surface area contributed by atoms with E-state index in [-0.39, 0.29) is 22.8 Å². The number of benzene rings is 2. The second-order valence-corrected chi connectivity index (χ2v) is 12.5. The molecule has 4 rings (SSSR count). The number of carbonyl (C=O) groups excluding carboxylic acids is 1. The maximum absolute atomic E-state index is 14.1. The number of hydrogen-bond acceptors (Lipinski definition) is 6. The van der Waals surface area contributed by atoms with Crippen molar-refractivity contribution < 1.29 is 26.7 Å². The van der Waals surface area contributed by atoms with Gasteiger partial charge in [-0.25, -0.2) is 17.2 Å². The SMILES string of the molecule is CCN(C(=O)CN1CCOCC1)C1CCN(CCC(c2ccc(S(C)(=O)=O)cc2)c2cc(F)cc(F)c2)CC1. The van der Waals surface area contributed by atoms with E-state index in [1.54, 1.807) is 24.3 Å². The Labute approximate surface area is 230 Å². The first kappa shape index (κ1) is 29.6. The Morgan fingerprint density at radius 3 is 2.15 bits per heavy atom. The standard InChI is InChI=1S/C29H39F2N3O4S/c1-3-34(29(35)21-33-14-16-38-17-15-33)26-8-11-32(12-9-26)13-10-28(23-18-24(30)20-25(31)19-23)22-4-6-27(7-5-22)39(2,36)37/h4-7,18-20,26,28H,3,8-17,21H2,1-2H3. The highest BCUT2D eigenvalue weighted by molar-refractivity contribution is 7.90. The van der Waals surface area contributed by atoms with Crippen LogP contribution in [0.1, 0.15) is 43.2 Å². The molecule has 2 fully saturated rings. The lowest BCUT2D eigenvalue weighted by Gasteiger charge is -2.39. The van der Waals surface area contributed by atoms with E-state index in [2.05, 4.69) is 9.80 Å². The molecule has 2 heterocycles. The van der Waals surface area contributed by atoms with Gasteiger partial charge in [-0.3, -0.25) is 9.69 Å². The highest BCUT2D eigenvalue weighted by Gasteiger charge is 2.29. The number of carbonyl (C=O) groups is 1. The Hall–Kier alpha value is -2.40. The Morgan fingerprint density at radius 2 is 1.59 bits per heavy atom. The third kappa shape index (κ3) is 8.06. The van der Waals surface area contributed by atoms with Gasteiger partial charge in [-0.2, -0.15) is 0 Å². The number of morpholine rings is 1. The molecule has 2 saturated heterocycles. The van der Waals surface area contributed by atoms with Crippen molar-refractivity contribution in [2.75, 3.05) is 65.3 Å². The molecular formula is C29H39F2N3O4S. The van der Waals surface area contributed by atoms with Crippen LogP contribution in [0.4, 0.5) is 8.78 Å². The molecule has 0 spiro atoms. The first-order valence-corrected chi connectivity index (χ1v) is 15.6. The zero-order valence-electron chi connectivity index (χ0n) is 22.8. The average molecular weight is 564 g/mol. The molecule has 0 radical (unpaired) electrons. The average Bonchev–Trinajstić information content (AvgIpc) is 2.90. The van der Waals surface area contributed by atoms with Crippen LogP contribution in [-0.4, -0.2) is 100 Å². The summed E-state index contributed by atoms with van der Waals surface area (Å²) in [6.45, 7) is 8.45. The van der Waals surface area contributed by atoms with Crippen LogP contribution in [0.25, 0.3) is 0 Å². The van der Waals surface area contributed by atoms with E-state index in [1.165, 1.54) is 12.1 Å². The van der Waals surface area contributed by atoms with Gasteiger partial charge in [-0.15, -0.1) is 0 Å². The molecule has 2 aromatic rings. The molecule has 10 heteroatoms. The number of hydrogen-bond donors (Lipinski definition) is 0. The summed E-state index contributed by atoms with van der Waals surface area (Å²) >= 11 is 0. The number of rotatable bonds is 10. The van der Waals surface area contributed by atoms with Crippen molar-refractivity contribution in [3.05, 3.63) is 65.2 Å². The Balaban J connectivity index is 1.39. The fourth-order valence-electron chi connectivity index (χ4n) is 5.70. The van der Waals surface area contributed by atoms with Gasteiger partial charge in [0.2, 0.25) is 5.91 Å². The van der Waals surface area contributed by atoms with Crippen molar-refractivity contribution in [1.29, 1.82) is 0 Å². The molecule has 1 unspecified atom stereocenters. The number of piperidine rings is 1. The van der Waals surface area contributed by atoms with Gasteiger partial charge in [0.15, 0.2) is 9.84 Å². The van der Waals surface area contributed by atoms with Crippen LogP contribution in [0.15, 0.2) is 47.4 Å². The highest BCUT2D eigenvalue weighted by atomic mass is 32.2. The summed E-state index contributed by atoms with van der Waals surface area (Å²) in [5.74, 6) is -1.39. The quantitative estimate of drug-likeness (QED) is 0.441. The fraction of sp³-hybridized carbons (Fsp3) is 0.552. The minimum atomic E-state index is -3.35. The van der Waals surface area contributed by atoms with Gasteiger partial charge in [-0.1, -0.05) is 12.1 Å². The summed E-state index contributed by atoms with van der Waals surface area (Å²) in [5.41, 5.74) is 1.34. The van der Waals surface area contributed by atoms with Crippen molar-refractivity contribution in [3.8, 4) is 0 Å². The second kappa shape index (κ2) is 13.3. The predicted molar refractivity (Wildman–Crippen MR) is 146 cm³/mol. The summed E-state index contributed by atoms with van der Waals surface area (Å²) in [6, 6.07) is 10.3. The first-order chi connectivity index (χ1) is 18.6. The summed E-state index contributed by atoms with van der Waals surface area (Å²) in [5, 5.41) is 0. The van der Waals surface area contributed by atoms with Gasteiger partial charge in [0.25, 0.3) is 0 Å². The number of likely N-dealkylation sites (N-methyl/N-ethyl adjacent to an activating group) is 1. The van der Waals surface area contributed by atoms with Gasteiger partial charge in [0.05, 0.1) is 24.7 Å². The van der Waals surface area contributed by atoms with Crippen molar-refractivity contribution in [1.82, 2.24) is 14.7 Å². The van der Waals surface area contributed by atoms with Crippen molar-refractivity contribution in [3.63, 3.8) is 0 Å². The number of likely N-dealkylation sites (tertiary alicyclic amines) is 1. The van der Waals surface area contributed by atoms with Crippen molar-refractivity contribution in [2.45, 2.75) is 43.0 Å². The maximum Gasteiger partial charge on any atom is 0.236 e. The van der Waals surface area contributed by atoms with E-state index in [0.29, 0.717) is 38.3 Å². The molecule has 2 aliphatic rings. The van der Waals surface area contributed by atoms with E-state index in [4.69, 9.17) is 4.74 Å². The lowest BCUT2D eigenvalue weighted by Crippen LogP contribution is -2.51. The number of amides is 1. The van der Waals surface area contributed by atoms with Crippen molar-refractivity contribution in [2.24, 2.45) is 0 Å². The Morgan fingerprint density at radius 1 is 0.974 bits per heavy atom. The van der Waals surface area contributed by atoms with Crippen LogP contribution in [-0.2, 0) is 19.4 Å². The van der Waals surface area contributed by atoms with E-state index in [9.17, 15) is 22.0 Å². The van der Waals surface area contributed by atoms with Crippen LogP contribution in [0.5, 0.6) is 0 Å². The molecule has 2 aromatic carbocycles. The van der Waals surface area contributed by atoms with Crippen LogP contribution < -0.4 is 0 Å². The second-order valence-electron chi connectivity index (χ2n) is 10.5. The highest BCUT2D eigenvalue weighted by Crippen LogP contribution is 2.31. The smallest absolute Gasteiger partial charge is 0.236 e. The zero-order chi connectivity index (χ0) is 28.0. The lowest BCUT2D eigenvalue weighted by atomic mass is 9.88. The molecule has 1 atom stereocenters. The minimum absolute atomic E-state index is 0.170. The maximum atomic E-state index is 14.1. The van der Waals surface area contributed by atoms with Gasteiger partial charge in [-0.05, 0) is 68.1 Å². The number of nitrogens with zero attached hydrogens (tertiary/aromatic N) is 3. The van der Waals surface area contributed by atoms with E-state index < -0.39 is 21.5 Å². The monoisotopic (exact) mass is 563 g/mol. The third-order valence-electron chi connectivity index (χ3n) is 7.85. The Kier molecular flexibility index (Phi) is 10.1. The van der Waals surface area contributed by atoms with Crippen LogP contribution in [0, 0.1) is 11.6 Å². The summed E-state index contributed by atoms with van der Waals surface area (Å²) in [7, 11) is -3.35. The van der Waals surface area contributed by atoms with Gasteiger partial charge in [0, 0.05) is 57.0 Å². The number of ether oxygens (including phenoxy) is 1. The summed E-state index contributed by atoms with van der Waals surface area (Å²) in [6.07, 6.45) is 3.54. The zero-order valence-corrected chi connectivity index (χ0v) is 23.6.